The molecule has 5 fully saturated rings. The summed E-state index contributed by atoms with van der Waals surface area (Å²) in [5.74, 6) is -6.13. The standard InChI is InChI=1S/C53H94O15Si4.8CH4/c1-16-34-39(48(58)64-47(34)57)23-22-37-36(41-32-42(37)45(44(41)46(55)56)50(60)62-27-18-26-54)21-20-35-33-30-40(43(31-33)49(59)65-52(3,4)5)38(35)24-25-53(6,17-2)51(61)63-28-19-29-72(66-69(7,8)9,67-70(10,11)12)68-71(13,14)15;;;;;;;;/h33-45,54H,16-32H2,1-15H3,(H,55,56);8*1H4. The van der Waals surface area contributed by atoms with Crippen molar-refractivity contribution in [3.05, 3.63) is 0 Å². The quantitative estimate of drug-likeness (QED) is 0.0246. The molecule has 5 rings (SSSR count). The number of ether oxygens (including phenoxy) is 4. The molecule has 1 heterocycles. The van der Waals surface area contributed by atoms with Crippen LogP contribution in [0.3, 0.4) is 0 Å². The Morgan fingerprint density at radius 1 is 0.588 bits per heavy atom. The average Bonchev–Trinajstić information content (AvgIpc) is 4.05. The second kappa shape index (κ2) is 33.4. The third-order valence-corrected chi connectivity index (χ3v) is 28.6. The molecule has 19 heteroatoms. The Morgan fingerprint density at radius 2 is 1.06 bits per heavy atom. The Kier molecular flexibility index (Phi) is 35.2. The second-order valence-corrected chi connectivity index (χ2v) is 43.4. The van der Waals surface area contributed by atoms with Crippen molar-refractivity contribution >= 4 is 69.6 Å². The molecule has 1 saturated heterocycles. The first-order valence-electron chi connectivity index (χ1n) is 27.5. The predicted molar refractivity (Wildman–Crippen MR) is 336 cm³/mol. The summed E-state index contributed by atoms with van der Waals surface area (Å²) in [6.45, 7) is 31.1. The number of aliphatic carboxylic acids is 1. The zero-order valence-corrected chi connectivity index (χ0v) is 50.7. The fraction of sp³-hybridized carbons (Fsp3) is 0.902. The van der Waals surface area contributed by atoms with Crippen LogP contribution in [0, 0.1) is 82.3 Å². The van der Waals surface area contributed by atoms with Crippen molar-refractivity contribution in [2.24, 2.45) is 82.3 Å². The lowest BCUT2D eigenvalue weighted by atomic mass is 9.63. The number of carboxylic acid groups (broad SMARTS) is 1. The molecule has 14 unspecified atom stereocenters. The third-order valence-electron chi connectivity index (χ3n) is 16.6. The Labute approximate surface area is 494 Å². The highest BCUT2D eigenvalue weighted by Crippen LogP contribution is 2.64. The van der Waals surface area contributed by atoms with Crippen LogP contribution in [0.2, 0.25) is 65.0 Å². The molecule has 15 nitrogen and oxygen atoms in total. The first kappa shape index (κ1) is 84.2. The summed E-state index contributed by atoms with van der Waals surface area (Å²) in [6, 6.07) is 0.568. The molecule has 4 aliphatic carbocycles. The van der Waals surface area contributed by atoms with Crippen molar-refractivity contribution in [3.63, 3.8) is 0 Å². The lowest BCUT2D eigenvalue weighted by Crippen LogP contribution is -2.60. The Bertz CT molecular complexity index is 1880. The minimum Gasteiger partial charge on any atom is -0.481 e. The molecule has 0 aromatic rings. The van der Waals surface area contributed by atoms with E-state index in [0.29, 0.717) is 57.4 Å². The summed E-state index contributed by atoms with van der Waals surface area (Å²) in [4.78, 5) is 80.5. The Balaban J connectivity index is -0.00000361. The van der Waals surface area contributed by atoms with Crippen LogP contribution in [0.5, 0.6) is 0 Å². The summed E-state index contributed by atoms with van der Waals surface area (Å²) >= 11 is 0. The van der Waals surface area contributed by atoms with Crippen LogP contribution >= 0.6 is 0 Å². The highest BCUT2D eigenvalue weighted by molar-refractivity contribution is 6.90. The number of carbonyl (C=O) groups excluding carboxylic acids is 5. The van der Waals surface area contributed by atoms with Gasteiger partial charge >= 0.3 is 44.6 Å². The fourth-order valence-corrected chi connectivity index (χ4v) is 28.5. The first-order chi connectivity index (χ1) is 33.3. The molecule has 2 N–H and O–H groups in total. The summed E-state index contributed by atoms with van der Waals surface area (Å²) in [7, 11) is -9.35. The molecule has 80 heavy (non-hydrogen) atoms. The van der Waals surface area contributed by atoms with Crippen LogP contribution in [0.4, 0.5) is 0 Å². The molecule has 5 aliphatic rings. The maximum Gasteiger partial charge on any atom is 0.469 e. The Hall–Kier alpha value is -2.27. The number of rotatable bonds is 28. The van der Waals surface area contributed by atoms with Gasteiger partial charge in [0, 0.05) is 19.1 Å². The van der Waals surface area contributed by atoms with Crippen LogP contribution in [0.1, 0.15) is 184 Å². The fourth-order valence-electron chi connectivity index (χ4n) is 13.9. The number of fused-ring (bicyclic) bond motifs is 4. The Morgan fingerprint density at radius 3 is 1.54 bits per heavy atom. The van der Waals surface area contributed by atoms with E-state index in [-0.39, 0.29) is 151 Å². The van der Waals surface area contributed by atoms with Crippen LogP contribution in [0.25, 0.3) is 0 Å². The van der Waals surface area contributed by atoms with Gasteiger partial charge in [-0.1, -0.05) is 73.3 Å². The maximum atomic E-state index is 14.3. The third kappa shape index (κ3) is 21.4. The van der Waals surface area contributed by atoms with E-state index in [1.54, 1.807) is 0 Å². The van der Waals surface area contributed by atoms with Crippen LogP contribution in [-0.2, 0) is 60.1 Å². The van der Waals surface area contributed by atoms with E-state index in [4.69, 9.17) is 31.3 Å². The SMILES string of the molecule is C.C.C.C.C.C.C.C.CCC1C(=O)OC(=O)C1CCC1C(CCC2C3CC(C(=O)OC(C)(C)C)C(C3)C2CCC(C)(CC)C(=O)OCCC[Si](O[Si](C)(C)C)(O[Si](C)(C)C)O[Si](C)(C)C)C2CC1C(C(=O)OCCCO)C2C(=O)O. The number of aliphatic hydroxyl groups is 1. The van der Waals surface area contributed by atoms with Crippen molar-refractivity contribution < 1.29 is 70.3 Å². The molecule has 0 spiro atoms. The van der Waals surface area contributed by atoms with Gasteiger partial charge in [0.1, 0.15) is 5.60 Å². The van der Waals surface area contributed by atoms with Gasteiger partial charge < -0.3 is 41.5 Å². The van der Waals surface area contributed by atoms with Gasteiger partial charge in [0.05, 0.1) is 48.2 Å². The van der Waals surface area contributed by atoms with Gasteiger partial charge in [0.2, 0.25) is 0 Å². The number of carbonyl (C=O) groups is 6. The topological polar surface area (TPSA) is 207 Å². The van der Waals surface area contributed by atoms with Crippen LogP contribution < -0.4 is 0 Å². The van der Waals surface area contributed by atoms with Crippen molar-refractivity contribution in [2.45, 2.75) is 255 Å². The molecule has 4 bridgehead atoms. The molecule has 0 radical (unpaired) electrons. The van der Waals surface area contributed by atoms with Crippen molar-refractivity contribution in [1.82, 2.24) is 0 Å². The summed E-state index contributed by atoms with van der Waals surface area (Å²) in [5.41, 5.74) is -1.41. The van der Waals surface area contributed by atoms with Gasteiger partial charge in [-0.05, 0) is 211 Å². The normalized spacial score (nSPS) is 28.3. The molecular formula is C61H126O15Si4. The lowest BCUT2D eigenvalue weighted by molar-refractivity contribution is -0.164. The summed E-state index contributed by atoms with van der Waals surface area (Å²) in [5, 5.41) is 20.1. The summed E-state index contributed by atoms with van der Waals surface area (Å²) < 4.78 is 43.5. The number of esters is 5. The molecular weight excluding hydrogens is 1080 g/mol. The van der Waals surface area contributed by atoms with Gasteiger partial charge in [0.25, 0.3) is 0 Å². The highest BCUT2D eigenvalue weighted by Gasteiger charge is 2.64. The number of carboxylic acids is 1. The minimum atomic E-state index is -3.11. The van der Waals surface area contributed by atoms with E-state index in [1.165, 1.54) is 0 Å². The van der Waals surface area contributed by atoms with Gasteiger partial charge in [-0.2, -0.15) is 0 Å². The van der Waals surface area contributed by atoms with Crippen LogP contribution in [-0.4, -0.2) is 105 Å². The van der Waals surface area contributed by atoms with Gasteiger partial charge in [-0.3, -0.25) is 28.8 Å². The number of cyclic esters (lactones) is 2. The number of aliphatic hydroxyl groups excluding tert-OH is 1. The maximum absolute atomic E-state index is 14.3. The van der Waals surface area contributed by atoms with Crippen molar-refractivity contribution in [2.75, 3.05) is 19.8 Å². The van der Waals surface area contributed by atoms with Crippen LogP contribution in [0.15, 0.2) is 0 Å². The smallest absolute Gasteiger partial charge is 0.469 e. The predicted octanol–water partition coefficient (Wildman–Crippen LogP) is 15.3. The average molecular weight is 1210 g/mol. The van der Waals surface area contributed by atoms with E-state index in [2.05, 4.69) is 58.9 Å². The van der Waals surface area contributed by atoms with E-state index in [1.807, 2.05) is 41.5 Å². The molecule has 0 aromatic heterocycles. The van der Waals surface area contributed by atoms with Gasteiger partial charge in [-0.25, -0.2) is 0 Å². The lowest BCUT2D eigenvalue weighted by Gasteiger charge is -2.43. The van der Waals surface area contributed by atoms with E-state index in [0.717, 1.165) is 25.7 Å². The minimum absolute atomic E-state index is 0. The number of hydrogen-bond donors (Lipinski definition) is 2. The van der Waals surface area contributed by atoms with E-state index in [9.17, 15) is 39.0 Å². The molecule has 4 saturated carbocycles. The van der Waals surface area contributed by atoms with E-state index < -0.39 is 92.3 Å². The molecule has 14 atom stereocenters. The van der Waals surface area contributed by atoms with E-state index >= 15 is 0 Å². The summed E-state index contributed by atoms with van der Waals surface area (Å²) in [6.07, 6.45) is 7.79. The van der Waals surface area contributed by atoms with Gasteiger partial charge in [-0.15, -0.1) is 0 Å². The molecule has 0 amide bonds. The number of hydrogen-bond acceptors (Lipinski definition) is 14. The first-order valence-corrected chi connectivity index (χ1v) is 39.7. The molecule has 476 valence electrons. The zero-order chi connectivity index (χ0) is 53.9. The largest absolute Gasteiger partial charge is 0.481 e. The van der Waals surface area contributed by atoms with Crippen molar-refractivity contribution in [3.8, 4) is 0 Å². The molecule has 0 aromatic carbocycles. The monoisotopic (exact) mass is 1210 g/mol. The van der Waals surface area contributed by atoms with Crippen molar-refractivity contribution in [1.29, 1.82) is 0 Å². The second-order valence-electron chi connectivity index (χ2n) is 26.4. The van der Waals surface area contributed by atoms with Gasteiger partial charge in [0.15, 0.2) is 25.0 Å². The zero-order valence-electron chi connectivity index (χ0n) is 46.7. The molecule has 1 aliphatic heterocycles. The highest BCUT2D eigenvalue weighted by atomic mass is 28.5.